The summed E-state index contributed by atoms with van der Waals surface area (Å²) in [4.78, 5) is 43.2. The molecule has 196 valence electrons. The van der Waals surface area contributed by atoms with Gasteiger partial charge in [0.25, 0.3) is 11.8 Å². The molecule has 3 aromatic rings. The summed E-state index contributed by atoms with van der Waals surface area (Å²) in [6.45, 7) is 5.78. The third-order valence-corrected chi connectivity index (χ3v) is 7.41. The van der Waals surface area contributed by atoms with Gasteiger partial charge in [-0.05, 0) is 43.9 Å². The van der Waals surface area contributed by atoms with Gasteiger partial charge in [-0.25, -0.2) is 9.97 Å². The minimum atomic E-state index is -0.0542. The summed E-state index contributed by atoms with van der Waals surface area (Å²) in [6.07, 6.45) is 8.46. The second kappa shape index (κ2) is 10.5. The molecule has 10 nitrogen and oxygen atoms in total. The van der Waals surface area contributed by atoms with E-state index in [9.17, 15) is 9.59 Å². The molecule has 5 heterocycles. The molecule has 2 aliphatic heterocycles. The fourth-order valence-electron chi connectivity index (χ4n) is 5.53. The van der Waals surface area contributed by atoms with Crippen LogP contribution in [0.2, 0.25) is 0 Å². The van der Waals surface area contributed by atoms with Crippen LogP contribution in [0.25, 0.3) is 11.0 Å². The van der Waals surface area contributed by atoms with Crippen LogP contribution < -0.4 is 10.6 Å². The minimum absolute atomic E-state index is 0.0209. The first kappa shape index (κ1) is 25.1. The van der Waals surface area contributed by atoms with Crippen molar-refractivity contribution in [1.82, 2.24) is 34.6 Å². The highest BCUT2D eigenvalue weighted by Crippen LogP contribution is 2.29. The zero-order chi connectivity index (χ0) is 26.1. The predicted octanol–water partition coefficient (Wildman–Crippen LogP) is 3.60. The van der Waals surface area contributed by atoms with Crippen molar-refractivity contribution in [3.05, 3.63) is 41.9 Å². The van der Waals surface area contributed by atoms with E-state index in [0.717, 1.165) is 56.2 Å². The summed E-state index contributed by atoms with van der Waals surface area (Å²) in [7, 11) is 3.52. The van der Waals surface area contributed by atoms with Crippen molar-refractivity contribution in [3.63, 3.8) is 0 Å². The number of rotatable bonds is 8. The fourth-order valence-corrected chi connectivity index (χ4v) is 5.53. The molecule has 5 rings (SSSR count). The molecule has 0 aromatic carbocycles. The van der Waals surface area contributed by atoms with E-state index >= 15 is 0 Å². The highest BCUT2D eigenvalue weighted by Gasteiger charge is 2.34. The lowest BCUT2D eigenvalue weighted by Gasteiger charge is -2.32. The van der Waals surface area contributed by atoms with Gasteiger partial charge in [0, 0.05) is 63.1 Å². The summed E-state index contributed by atoms with van der Waals surface area (Å²) in [5, 5.41) is 7.54. The van der Waals surface area contributed by atoms with E-state index in [1.807, 2.05) is 11.0 Å². The molecule has 37 heavy (non-hydrogen) atoms. The van der Waals surface area contributed by atoms with Crippen LogP contribution in [0.4, 0.5) is 11.8 Å². The number of nitrogens with zero attached hydrogens (tertiary/aromatic N) is 6. The lowest BCUT2D eigenvalue weighted by atomic mass is 10.1. The third kappa shape index (κ3) is 5.02. The van der Waals surface area contributed by atoms with Gasteiger partial charge in [-0.3, -0.25) is 9.59 Å². The lowest BCUT2D eigenvalue weighted by molar-refractivity contribution is 0.0697. The maximum absolute atomic E-state index is 13.0. The molecular weight excluding hydrogens is 468 g/mol. The maximum Gasteiger partial charge on any atom is 0.270 e. The molecule has 3 unspecified atom stereocenters. The molecule has 0 spiro atoms. The highest BCUT2D eigenvalue weighted by atomic mass is 16.2. The molecule has 2 amide bonds. The first-order chi connectivity index (χ1) is 17.9. The molecule has 0 aliphatic carbocycles. The SMILES string of the molecule is CCCC(CC)n1c(C(=O)N(C)C)cc2cnc(Nc3ccc(C(=O)N4CC5CCC(C4)N5)cn3)nc21. The standard InChI is InChI=1S/C27H36N8O2/c1-5-7-21(6-2)35-22(26(37)33(3)4)12-18-14-29-27(32-24(18)35)31-23-11-8-17(13-28-23)25(36)34-15-19-9-10-20(16-34)30-19/h8,11-14,19-21,30H,5-7,9-10,15-16H2,1-4H3,(H,28,29,31,32). The molecule has 10 heteroatoms. The largest absolute Gasteiger partial charge is 0.343 e. The number of likely N-dealkylation sites (tertiary alicyclic amines) is 1. The Morgan fingerprint density at radius 1 is 1.14 bits per heavy atom. The van der Waals surface area contributed by atoms with Crippen LogP contribution in [0.3, 0.4) is 0 Å². The summed E-state index contributed by atoms with van der Waals surface area (Å²) in [5.41, 5.74) is 1.92. The number of hydrogen-bond acceptors (Lipinski definition) is 7. The molecule has 2 N–H and O–H groups in total. The van der Waals surface area contributed by atoms with Gasteiger partial charge >= 0.3 is 0 Å². The van der Waals surface area contributed by atoms with Gasteiger partial charge < -0.3 is 25.0 Å². The maximum atomic E-state index is 13.0. The van der Waals surface area contributed by atoms with Crippen LogP contribution in [-0.2, 0) is 0 Å². The summed E-state index contributed by atoms with van der Waals surface area (Å²) < 4.78 is 2.06. The van der Waals surface area contributed by atoms with Gasteiger partial charge in [0.2, 0.25) is 5.95 Å². The van der Waals surface area contributed by atoms with E-state index in [1.54, 1.807) is 43.5 Å². The third-order valence-electron chi connectivity index (χ3n) is 7.41. The average molecular weight is 505 g/mol. The van der Waals surface area contributed by atoms with Crippen LogP contribution in [0, 0.1) is 0 Å². The Morgan fingerprint density at radius 3 is 2.51 bits per heavy atom. The Hall–Kier alpha value is -3.53. The first-order valence-electron chi connectivity index (χ1n) is 13.3. The Kier molecular flexibility index (Phi) is 7.10. The normalized spacial score (nSPS) is 19.7. The number of carbonyl (C=O) groups excluding carboxylic acids is 2. The first-order valence-corrected chi connectivity index (χ1v) is 13.3. The molecule has 3 atom stereocenters. The second-order valence-electron chi connectivity index (χ2n) is 10.3. The minimum Gasteiger partial charge on any atom is -0.343 e. The van der Waals surface area contributed by atoms with Gasteiger partial charge in [-0.2, -0.15) is 4.98 Å². The van der Waals surface area contributed by atoms with E-state index < -0.39 is 0 Å². The average Bonchev–Trinajstić information content (AvgIpc) is 3.45. The van der Waals surface area contributed by atoms with Crippen molar-refractivity contribution < 1.29 is 9.59 Å². The number of anilines is 2. The van der Waals surface area contributed by atoms with Crippen LogP contribution in [-0.4, -0.2) is 80.4 Å². The number of carbonyl (C=O) groups is 2. The van der Waals surface area contributed by atoms with Crippen molar-refractivity contribution in [2.45, 2.75) is 64.1 Å². The molecule has 3 aromatic heterocycles. The Morgan fingerprint density at radius 2 is 1.89 bits per heavy atom. The quantitative estimate of drug-likeness (QED) is 0.483. The van der Waals surface area contributed by atoms with Crippen molar-refractivity contribution in [1.29, 1.82) is 0 Å². The number of fused-ring (bicyclic) bond motifs is 3. The van der Waals surface area contributed by atoms with Crippen molar-refractivity contribution in [3.8, 4) is 0 Å². The zero-order valence-electron chi connectivity index (χ0n) is 22.1. The van der Waals surface area contributed by atoms with Crippen LogP contribution in [0.1, 0.15) is 72.8 Å². The van der Waals surface area contributed by atoms with E-state index in [0.29, 0.717) is 35.1 Å². The van der Waals surface area contributed by atoms with E-state index in [4.69, 9.17) is 4.98 Å². The molecule has 2 bridgehead atoms. The van der Waals surface area contributed by atoms with Gasteiger partial charge in [-0.1, -0.05) is 20.3 Å². The van der Waals surface area contributed by atoms with E-state index in [-0.39, 0.29) is 17.9 Å². The van der Waals surface area contributed by atoms with Gasteiger partial charge in [0.15, 0.2) is 0 Å². The number of pyridine rings is 1. The Bertz CT molecular complexity index is 1270. The van der Waals surface area contributed by atoms with Crippen molar-refractivity contribution in [2.75, 3.05) is 32.5 Å². The van der Waals surface area contributed by atoms with Crippen LogP contribution in [0.15, 0.2) is 30.6 Å². The van der Waals surface area contributed by atoms with Crippen LogP contribution >= 0.6 is 0 Å². The Labute approximate surface area is 217 Å². The van der Waals surface area contributed by atoms with Gasteiger partial charge in [0.05, 0.1) is 5.56 Å². The molecular formula is C27H36N8O2. The number of aromatic nitrogens is 4. The number of amides is 2. The number of hydrogen-bond donors (Lipinski definition) is 2. The summed E-state index contributed by atoms with van der Waals surface area (Å²) >= 11 is 0. The van der Waals surface area contributed by atoms with E-state index in [1.165, 1.54) is 0 Å². The van der Waals surface area contributed by atoms with Gasteiger partial charge in [-0.15, -0.1) is 0 Å². The smallest absolute Gasteiger partial charge is 0.270 e. The highest BCUT2D eigenvalue weighted by molar-refractivity contribution is 5.98. The number of piperazine rings is 1. The summed E-state index contributed by atoms with van der Waals surface area (Å²) in [5.74, 6) is 0.918. The second-order valence-corrected chi connectivity index (χ2v) is 10.3. The molecule has 0 saturated carbocycles. The summed E-state index contributed by atoms with van der Waals surface area (Å²) in [6, 6.07) is 6.42. The van der Waals surface area contributed by atoms with Gasteiger partial charge in [0.1, 0.15) is 17.2 Å². The van der Waals surface area contributed by atoms with Crippen molar-refractivity contribution >= 4 is 34.6 Å². The molecule has 2 saturated heterocycles. The van der Waals surface area contributed by atoms with Crippen LogP contribution in [0.5, 0.6) is 0 Å². The monoisotopic (exact) mass is 504 g/mol. The molecule has 0 radical (unpaired) electrons. The molecule has 2 fully saturated rings. The van der Waals surface area contributed by atoms with E-state index in [2.05, 4.69) is 39.0 Å². The van der Waals surface area contributed by atoms with Crippen molar-refractivity contribution in [2.24, 2.45) is 0 Å². The molecule has 2 aliphatic rings. The predicted molar refractivity (Wildman–Crippen MR) is 143 cm³/mol. The number of nitrogens with one attached hydrogen (secondary N) is 2. The lowest BCUT2D eigenvalue weighted by Crippen LogP contribution is -2.53. The topological polar surface area (TPSA) is 108 Å². The Balaban J connectivity index is 1.38. The zero-order valence-corrected chi connectivity index (χ0v) is 22.1. The fraction of sp³-hybridized carbons (Fsp3) is 0.519.